The van der Waals surface area contributed by atoms with Crippen molar-refractivity contribution in [3.63, 3.8) is 0 Å². The molecule has 0 bridgehead atoms. The molecule has 4 saturated carbocycles. The van der Waals surface area contributed by atoms with E-state index in [1.807, 2.05) is 0 Å². The highest BCUT2D eigenvalue weighted by Gasteiger charge is 2.68. The van der Waals surface area contributed by atoms with Gasteiger partial charge in [0.25, 0.3) is 0 Å². The number of azide groups is 1. The maximum atomic E-state index is 12.2. The minimum absolute atomic E-state index is 0.0327. The topological polar surface area (TPSA) is 154 Å². The quantitative estimate of drug-likeness (QED) is 0.213. The van der Waals surface area contributed by atoms with Gasteiger partial charge in [0, 0.05) is 12.0 Å². The van der Waals surface area contributed by atoms with E-state index >= 15 is 0 Å². The standard InChI is InChI=1S/C27H43N3O7/c1-14-20(31)21(32)22(35-4)24(36-14)37-16-7-10-25(2)15(13-16)5-6-18-17(25)8-11-26(3)19(23(33)34)9-12-27(18,26)29-30-28/h14-22,24,31-32H,5-13H2,1-4H3,(H,33,34)/t14-,15+,16-,17-,18+,19+,20-,21+,22+,24-,25-,26+,27-/m0/s1. The first-order valence-electron chi connectivity index (χ1n) is 14.0. The first kappa shape index (κ1) is 27.2. The molecule has 0 aromatic rings. The predicted molar refractivity (Wildman–Crippen MR) is 133 cm³/mol. The Hall–Kier alpha value is -1.42. The first-order valence-corrected chi connectivity index (χ1v) is 14.0. The molecule has 5 rings (SSSR count). The second-order valence-corrected chi connectivity index (χ2v) is 12.9. The Kier molecular flexibility index (Phi) is 7.08. The van der Waals surface area contributed by atoms with Crippen molar-refractivity contribution in [2.75, 3.05) is 7.11 Å². The predicted octanol–water partition coefficient (Wildman–Crippen LogP) is 4.03. The summed E-state index contributed by atoms with van der Waals surface area (Å²) in [6.45, 7) is 6.17. The Morgan fingerprint density at radius 2 is 1.81 bits per heavy atom. The van der Waals surface area contributed by atoms with Crippen molar-refractivity contribution in [3.05, 3.63) is 10.4 Å². The van der Waals surface area contributed by atoms with Gasteiger partial charge < -0.3 is 29.5 Å². The molecule has 0 spiro atoms. The molecule has 0 radical (unpaired) electrons. The highest BCUT2D eigenvalue weighted by molar-refractivity contribution is 5.72. The minimum atomic E-state index is -1.07. The number of hydrogen-bond donors (Lipinski definition) is 3. The molecule has 13 atom stereocenters. The Balaban J connectivity index is 1.34. The van der Waals surface area contributed by atoms with Gasteiger partial charge in [0.15, 0.2) is 6.29 Å². The van der Waals surface area contributed by atoms with Crippen LogP contribution in [0, 0.1) is 34.5 Å². The first-order chi connectivity index (χ1) is 17.5. The molecule has 0 amide bonds. The van der Waals surface area contributed by atoms with Crippen LogP contribution in [0.15, 0.2) is 5.11 Å². The van der Waals surface area contributed by atoms with Gasteiger partial charge in [-0.25, -0.2) is 0 Å². The van der Waals surface area contributed by atoms with E-state index in [9.17, 15) is 25.6 Å². The van der Waals surface area contributed by atoms with E-state index in [-0.39, 0.29) is 17.4 Å². The smallest absolute Gasteiger partial charge is 0.307 e. The number of hydrogen-bond acceptors (Lipinski definition) is 7. The fourth-order valence-electron chi connectivity index (χ4n) is 9.58. The van der Waals surface area contributed by atoms with Crippen LogP contribution in [0.4, 0.5) is 0 Å². The third kappa shape index (κ3) is 3.94. The number of methoxy groups -OCH3 is 1. The number of fused-ring (bicyclic) bond motifs is 5. The van der Waals surface area contributed by atoms with Crippen LogP contribution in [0.5, 0.6) is 0 Å². The van der Waals surface area contributed by atoms with E-state index in [2.05, 4.69) is 23.9 Å². The average Bonchev–Trinajstić information content (AvgIpc) is 3.16. The zero-order valence-corrected chi connectivity index (χ0v) is 22.5. The van der Waals surface area contributed by atoms with Crippen molar-refractivity contribution in [2.24, 2.45) is 39.6 Å². The van der Waals surface area contributed by atoms with Gasteiger partial charge in [0.05, 0.1) is 23.7 Å². The summed E-state index contributed by atoms with van der Waals surface area (Å²) in [5.74, 6) is -0.210. The Bertz CT molecular complexity index is 945. The van der Waals surface area contributed by atoms with Crippen molar-refractivity contribution in [1.29, 1.82) is 0 Å². The maximum absolute atomic E-state index is 12.2. The number of nitrogens with zero attached hydrogens (tertiary/aromatic N) is 3. The number of aliphatic hydroxyl groups is 2. The summed E-state index contributed by atoms with van der Waals surface area (Å²) in [6.07, 6.45) is 3.43. The van der Waals surface area contributed by atoms with Gasteiger partial charge in [-0.3, -0.25) is 4.79 Å². The Morgan fingerprint density at radius 3 is 2.49 bits per heavy atom. The molecule has 37 heavy (non-hydrogen) atoms. The normalized spacial score (nSPS) is 53.4. The third-order valence-corrected chi connectivity index (χ3v) is 11.7. The number of aliphatic hydroxyl groups excluding tert-OH is 2. The van der Waals surface area contributed by atoms with Gasteiger partial charge in [-0.1, -0.05) is 19.0 Å². The van der Waals surface area contributed by atoms with Crippen LogP contribution < -0.4 is 0 Å². The fraction of sp³-hybridized carbons (Fsp3) is 0.963. The second kappa shape index (κ2) is 9.65. The maximum Gasteiger partial charge on any atom is 0.307 e. The molecule has 1 saturated heterocycles. The summed E-state index contributed by atoms with van der Waals surface area (Å²) in [5, 5.41) is 35.1. The lowest BCUT2D eigenvalue weighted by Gasteiger charge is -2.64. The molecule has 10 nitrogen and oxygen atoms in total. The lowest BCUT2D eigenvalue weighted by Crippen LogP contribution is -2.62. The summed E-state index contributed by atoms with van der Waals surface area (Å²) >= 11 is 0. The molecule has 4 aliphatic carbocycles. The van der Waals surface area contributed by atoms with E-state index in [4.69, 9.17) is 14.2 Å². The van der Waals surface area contributed by atoms with Crippen molar-refractivity contribution in [3.8, 4) is 0 Å². The highest BCUT2D eigenvalue weighted by Crippen LogP contribution is 2.70. The van der Waals surface area contributed by atoms with Crippen molar-refractivity contribution in [1.82, 2.24) is 0 Å². The van der Waals surface area contributed by atoms with Crippen molar-refractivity contribution in [2.45, 2.75) is 121 Å². The molecule has 1 heterocycles. The number of carboxylic acids is 1. The van der Waals surface area contributed by atoms with Crippen LogP contribution in [0.3, 0.4) is 0 Å². The zero-order chi connectivity index (χ0) is 26.8. The van der Waals surface area contributed by atoms with Crippen LogP contribution >= 0.6 is 0 Å². The van der Waals surface area contributed by atoms with Gasteiger partial charge in [0.1, 0.15) is 18.3 Å². The van der Waals surface area contributed by atoms with Crippen LogP contribution in [0.1, 0.15) is 78.6 Å². The van der Waals surface area contributed by atoms with Crippen LogP contribution in [0.25, 0.3) is 10.4 Å². The molecule has 10 heteroatoms. The van der Waals surface area contributed by atoms with E-state index < -0.39 is 53.5 Å². The van der Waals surface area contributed by atoms with E-state index in [1.165, 1.54) is 7.11 Å². The van der Waals surface area contributed by atoms with E-state index in [0.717, 1.165) is 44.9 Å². The van der Waals surface area contributed by atoms with Crippen LogP contribution in [0.2, 0.25) is 0 Å². The van der Waals surface area contributed by atoms with Gasteiger partial charge in [0.2, 0.25) is 0 Å². The summed E-state index contributed by atoms with van der Waals surface area (Å²) < 4.78 is 17.7. The van der Waals surface area contributed by atoms with Gasteiger partial charge in [-0.15, -0.1) is 0 Å². The van der Waals surface area contributed by atoms with Crippen LogP contribution in [-0.4, -0.2) is 70.7 Å². The molecule has 5 aliphatic rings. The van der Waals surface area contributed by atoms with Gasteiger partial charge >= 0.3 is 5.97 Å². The van der Waals surface area contributed by atoms with Crippen molar-refractivity contribution >= 4 is 5.97 Å². The SMILES string of the molecule is CO[C@H]1[C@H](O[C@H]2CC[C@@]3(C)[C@H](CC[C@@H]4[C@@H]3CC[C@]3(C)[C@@H](C(=O)O)CC[C@]43N=[N+]=[N-])C2)O[C@@H](C)[C@H](O)[C@H]1O. The molecule has 0 aromatic carbocycles. The average molecular weight is 522 g/mol. The Labute approximate surface area is 218 Å². The molecule has 0 unspecified atom stereocenters. The van der Waals surface area contributed by atoms with E-state index in [0.29, 0.717) is 24.7 Å². The number of aliphatic carboxylic acids is 1. The second-order valence-electron chi connectivity index (χ2n) is 12.9. The lowest BCUT2D eigenvalue weighted by atomic mass is 9.42. The highest BCUT2D eigenvalue weighted by atomic mass is 16.7. The summed E-state index contributed by atoms with van der Waals surface area (Å²) in [7, 11) is 1.49. The molecular formula is C27H43N3O7. The van der Waals surface area contributed by atoms with Gasteiger partial charge in [-0.05, 0) is 98.8 Å². The third-order valence-electron chi connectivity index (χ3n) is 11.7. The van der Waals surface area contributed by atoms with E-state index in [1.54, 1.807) is 6.92 Å². The largest absolute Gasteiger partial charge is 0.481 e. The summed E-state index contributed by atoms with van der Waals surface area (Å²) in [6, 6.07) is 0. The molecule has 3 N–H and O–H groups in total. The zero-order valence-electron chi connectivity index (χ0n) is 22.5. The molecule has 1 aliphatic heterocycles. The molecule has 5 fully saturated rings. The summed E-state index contributed by atoms with van der Waals surface area (Å²) in [4.78, 5) is 15.5. The molecule has 208 valence electrons. The number of carboxylic acid groups (broad SMARTS) is 1. The van der Waals surface area contributed by atoms with Gasteiger partial charge in [-0.2, -0.15) is 0 Å². The number of rotatable bonds is 5. The lowest BCUT2D eigenvalue weighted by molar-refractivity contribution is -0.314. The number of carbonyl (C=O) groups is 1. The summed E-state index contributed by atoms with van der Waals surface area (Å²) in [5.41, 5.74) is 8.54. The fourth-order valence-corrected chi connectivity index (χ4v) is 9.58. The Morgan fingerprint density at radius 1 is 1.05 bits per heavy atom. The number of ether oxygens (including phenoxy) is 3. The monoisotopic (exact) mass is 521 g/mol. The van der Waals surface area contributed by atoms with Crippen LogP contribution in [-0.2, 0) is 19.0 Å². The molecular weight excluding hydrogens is 478 g/mol. The molecule has 0 aromatic heterocycles. The minimum Gasteiger partial charge on any atom is -0.481 e. The van der Waals surface area contributed by atoms with Crippen molar-refractivity contribution < 1.29 is 34.3 Å².